The van der Waals surface area contributed by atoms with E-state index in [-0.39, 0.29) is 17.7 Å². The summed E-state index contributed by atoms with van der Waals surface area (Å²) < 4.78 is 0. The summed E-state index contributed by atoms with van der Waals surface area (Å²) in [6.07, 6.45) is 3.29. The number of aryl methyl sites for hydroxylation is 1. The lowest BCUT2D eigenvalue weighted by atomic mass is 9.97. The van der Waals surface area contributed by atoms with Gasteiger partial charge in [-0.3, -0.25) is 9.59 Å². The maximum atomic E-state index is 12.7. The molecule has 2 amide bonds. The normalized spacial score (nSPS) is 22.1. The molecule has 0 spiro atoms. The van der Waals surface area contributed by atoms with Crippen LogP contribution in [0.3, 0.4) is 0 Å². The van der Waals surface area contributed by atoms with Gasteiger partial charge in [0.1, 0.15) is 0 Å². The Morgan fingerprint density at radius 1 is 1.12 bits per heavy atom. The molecule has 2 heterocycles. The fourth-order valence-corrected chi connectivity index (χ4v) is 3.85. The zero-order valence-corrected chi connectivity index (χ0v) is 15.4. The average Bonchev–Trinajstić information content (AvgIpc) is 2.77. The third kappa shape index (κ3) is 4.33. The highest BCUT2D eigenvalue weighted by Gasteiger charge is 2.29. The third-order valence-electron chi connectivity index (χ3n) is 5.44. The second kappa shape index (κ2) is 7.89. The van der Waals surface area contributed by atoms with E-state index in [0.717, 1.165) is 52.0 Å². The molecule has 2 aliphatic rings. The highest BCUT2D eigenvalue weighted by atomic mass is 16.2. The number of carbonyl (C=O) groups excluding carboxylic acids is 2. The second-order valence-electron chi connectivity index (χ2n) is 7.36. The van der Waals surface area contributed by atoms with E-state index in [1.807, 2.05) is 11.9 Å². The third-order valence-corrected chi connectivity index (χ3v) is 5.44. The molecule has 1 atom stereocenters. The van der Waals surface area contributed by atoms with Crippen molar-refractivity contribution in [2.45, 2.75) is 32.6 Å². The molecule has 3 rings (SSSR count). The van der Waals surface area contributed by atoms with E-state index in [0.29, 0.717) is 6.42 Å². The summed E-state index contributed by atoms with van der Waals surface area (Å²) in [6, 6.07) is 8.50. The summed E-state index contributed by atoms with van der Waals surface area (Å²) in [5.74, 6) is 0.150. The Kier molecular flexibility index (Phi) is 5.61. The second-order valence-corrected chi connectivity index (χ2v) is 7.36. The number of piperazine rings is 1. The van der Waals surface area contributed by atoms with Crippen LogP contribution < -0.4 is 4.90 Å². The molecule has 0 saturated carbocycles. The van der Waals surface area contributed by atoms with E-state index < -0.39 is 0 Å². The number of likely N-dealkylation sites (tertiary alicyclic amines) is 1. The van der Waals surface area contributed by atoms with Gasteiger partial charge in [0.2, 0.25) is 11.8 Å². The topological polar surface area (TPSA) is 43.9 Å². The number of hydrogen-bond donors (Lipinski definition) is 0. The number of benzene rings is 1. The first-order chi connectivity index (χ1) is 12.0. The highest BCUT2D eigenvalue weighted by Crippen LogP contribution is 2.22. The Labute approximate surface area is 150 Å². The summed E-state index contributed by atoms with van der Waals surface area (Å²) >= 11 is 0. The Balaban J connectivity index is 1.53. The Morgan fingerprint density at radius 2 is 1.88 bits per heavy atom. The fourth-order valence-electron chi connectivity index (χ4n) is 3.85. The van der Waals surface area contributed by atoms with Crippen molar-refractivity contribution in [3.63, 3.8) is 0 Å². The van der Waals surface area contributed by atoms with Crippen molar-refractivity contribution in [1.29, 1.82) is 0 Å². The zero-order chi connectivity index (χ0) is 17.8. The summed E-state index contributed by atoms with van der Waals surface area (Å²) in [5, 5.41) is 0. The molecule has 1 aromatic rings. The zero-order valence-electron chi connectivity index (χ0n) is 15.4. The van der Waals surface area contributed by atoms with E-state index in [1.165, 1.54) is 11.3 Å². The standard InChI is InChI=1S/C20H29N3O2/c1-16-6-5-8-18(14-16)22-10-12-23(13-11-22)19(24)15-17-7-3-4-9-21(2)20(17)25/h5-6,8,14,17H,3-4,7,9-13,15H2,1-2H3. The van der Waals surface area contributed by atoms with Crippen molar-refractivity contribution in [3.05, 3.63) is 29.8 Å². The molecule has 0 aromatic heterocycles. The maximum absolute atomic E-state index is 12.7. The van der Waals surface area contributed by atoms with Crippen molar-refractivity contribution in [3.8, 4) is 0 Å². The van der Waals surface area contributed by atoms with E-state index in [2.05, 4.69) is 36.1 Å². The van der Waals surface area contributed by atoms with Crippen molar-refractivity contribution in [1.82, 2.24) is 9.80 Å². The van der Waals surface area contributed by atoms with Gasteiger partial charge in [0.05, 0.1) is 0 Å². The maximum Gasteiger partial charge on any atom is 0.225 e. The van der Waals surface area contributed by atoms with Gasteiger partial charge in [-0.25, -0.2) is 0 Å². The van der Waals surface area contributed by atoms with Crippen LogP contribution in [-0.2, 0) is 9.59 Å². The largest absolute Gasteiger partial charge is 0.368 e. The van der Waals surface area contributed by atoms with Gasteiger partial charge in [0.15, 0.2) is 0 Å². The molecule has 0 radical (unpaired) electrons. The molecule has 0 aliphatic carbocycles. The minimum absolute atomic E-state index is 0.130. The number of nitrogens with zero attached hydrogens (tertiary/aromatic N) is 3. The summed E-state index contributed by atoms with van der Waals surface area (Å²) in [6.45, 7) is 6.11. The lowest BCUT2D eigenvalue weighted by Crippen LogP contribution is -2.49. The van der Waals surface area contributed by atoms with E-state index >= 15 is 0 Å². The first kappa shape index (κ1) is 17.8. The molecule has 25 heavy (non-hydrogen) atoms. The summed E-state index contributed by atoms with van der Waals surface area (Å²) in [4.78, 5) is 31.1. The number of rotatable bonds is 3. The number of carbonyl (C=O) groups is 2. The molecule has 0 N–H and O–H groups in total. The molecule has 1 unspecified atom stereocenters. The predicted molar refractivity (Wildman–Crippen MR) is 99.6 cm³/mol. The van der Waals surface area contributed by atoms with Gasteiger partial charge >= 0.3 is 0 Å². The SMILES string of the molecule is Cc1cccc(N2CCN(C(=O)CC3CCCCN(C)C3=O)CC2)c1. The van der Waals surface area contributed by atoms with E-state index in [9.17, 15) is 9.59 Å². The molecule has 2 fully saturated rings. The molecular weight excluding hydrogens is 314 g/mol. The quantitative estimate of drug-likeness (QED) is 0.846. The smallest absolute Gasteiger partial charge is 0.225 e. The van der Waals surface area contributed by atoms with Crippen LogP contribution in [0.15, 0.2) is 24.3 Å². The van der Waals surface area contributed by atoms with Crippen molar-refractivity contribution < 1.29 is 9.59 Å². The molecule has 2 aliphatic heterocycles. The molecule has 2 saturated heterocycles. The van der Waals surface area contributed by atoms with Gasteiger partial charge in [-0.2, -0.15) is 0 Å². The molecule has 5 heteroatoms. The first-order valence-electron chi connectivity index (χ1n) is 9.39. The molecule has 5 nitrogen and oxygen atoms in total. The fraction of sp³-hybridized carbons (Fsp3) is 0.600. The Hall–Kier alpha value is -2.04. The lowest BCUT2D eigenvalue weighted by Gasteiger charge is -2.36. The van der Waals surface area contributed by atoms with Crippen LogP contribution in [0.5, 0.6) is 0 Å². The highest BCUT2D eigenvalue weighted by molar-refractivity contribution is 5.86. The molecular formula is C20H29N3O2. The molecule has 136 valence electrons. The summed E-state index contributed by atoms with van der Waals surface area (Å²) in [5.41, 5.74) is 2.49. The van der Waals surface area contributed by atoms with Crippen molar-refractivity contribution >= 4 is 17.5 Å². The Bertz CT molecular complexity index is 623. The van der Waals surface area contributed by atoms with E-state index in [4.69, 9.17) is 0 Å². The Morgan fingerprint density at radius 3 is 2.60 bits per heavy atom. The lowest BCUT2D eigenvalue weighted by molar-refractivity contribution is -0.140. The van der Waals surface area contributed by atoms with Crippen LogP contribution in [0.25, 0.3) is 0 Å². The van der Waals surface area contributed by atoms with Crippen molar-refractivity contribution in [2.24, 2.45) is 5.92 Å². The van der Waals surface area contributed by atoms with Crippen LogP contribution in [0.4, 0.5) is 5.69 Å². The molecule has 1 aromatic carbocycles. The van der Waals surface area contributed by atoms with Gasteiger partial charge in [-0.15, -0.1) is 0 Å². The van der Waals surface area contributed by atoms with Crippen LogP contribution in [0.1, 0.15) is 31.2 Å². The van der Waals surface area contributed by atoms with Gasteiger partial charge in [0.25, 0.3) is 0 Å². The van der Waals surface area contributed by atoms with E-state index in [1.54, 1.807) is 4.90 Å². The van der Waals surface area contributed by atoms with Crippen LogP contribution in [-0.4, -0.2) is 61.4 Å². The van der Waals surface area contributed by atoms with Gasteiger partial charge in [0, 0.05) is 57.8 Å². The number of amides is 2. The monoisotopic (exact) mass is 343 g/mol. The van der Waals surface area contributed by atoms with Crippen molar-refractivity contribution in [2.75, 3.05) is 44.7 Å². The average molecular weight is 343 g/mol. The predicted octanol–water partition coefficient (Wildman–Crippen LogP) is 2.29. The molecule has 0 bridgehead atoms. The van der Waals surface area contributed by atoms with Gasteiger partial charge in [-0.05, 0) is 37.5 Å². The summed E-state index contributed by atoms with van der Waals surface area (Å²) in [7, 11) is 1.85. The number of hydrogen-bond acceptors (Lipinski definition) is 3. The van der Waals surface area contributed by atoms with Crippen LogP contribution >= 0.6 is 0 Å². The minimum Gasteiger partial charge on any atom is -0.368 e. The van der Waals surface area contributed by atoms with Gasteiger partial charge in [-0.1, -0.05) is 18.6 Å². The van der Waals surface area contributed by atoms with Crippen LogP contribution in [0, 0.1) is 12.8 Å². The van der Waals surface area contributed by atoms with Gasteiger partial charge < -0.3 is 14.7 Å². The minimum atomic E-state index is -0.130. The number of anilines is 1. The van der Waals surface area contributed by atoms with Crippen LogP contribution in [0.2, 0.25) is 0 Å². The first-order valence-corrected chi connectivity index (χ1v) is 9.39.